The number of rotatable bonds is 0. The quantitative estimate of drug-likeness (QED) is 0.608. The third-order valence-corrected chi connectivity index (χ3v) is 4.43. The van der Waals surface area contributed by atoms with Gasteiger partial charge in [0.25, 0.3) is 0 Å². The molecular weight excluding hydrogens is 391 g/mol. The Morgan fingerprint density at radius 1 is 1.28 bits per heavy atom. The molecule has 2 aliphatic rings. The average molecular weight is 416 g/mol. The Morgan fingerprint density at radius 3 is 2.64 bits per heavy atom. The Hall–Kier alpha value is -0.936. The number of nitrogens with zero attached hydrogens (tertiary/aromatic N) is 3. The number of hydrogen-bond donors (Lipinski definition) is 0. The standard InChI is InChI=1S/C19H25N3O2.Y/c1-6-14-8-7-10-22-17(13(14)2)15-12-21(11-9-16(15)20-22)18(23)24-19(3,4)5;/h2H,7-12H2,1,3-5H3;/q-2;. The second kappa shape index (κ2) is 7.75. The van der Waals surface area contributed by atoms with Crippen molar-refractivity contribution in [3.8, 4) is 0 Å². The van der Waals surface area contributed by atoms with Crippen LogP contribution < -0.4 is 0 Å². The molecule has 0 fully saturated rings. The Labute approximate surface area is 175 Å². The van der Waals surface area contributed by atoms with Crippen LogP contribution in [0.1, 0.15) is 57.5 Å². The van der Waals surface area contributed by atoms with E-state index in [0.29, 0.717) is 13.1 Å². The molecule has 5 nitrogen and oxygen atoms in total. The minimum absolute atomic E-state index is 0. The van der Waals surface area contributed by atoms with Gasteiger partial charge >= 0.3 is 6.09 Å². The Balaban J connectivity index is 0.00000225. The predicted octanol–water partition coefficient (Wildman–Crippen LogP) is 3.53. The van der Waals surface area contributed by atoms with Crippen LogP contribution in [0.5, 0.6) is 0 Å². The fourth-order valence-electron chi connectivity index (χ4n) is 3.31. The molecular formula is C19H25N3O2Y-2. The maximum absolute atomic E-state index is 12.4. The second-order valence-corrected chi connectivity index (χ2v) is 7.39. The van der Waals surface area contributed by atoms with Gasteiger partial charge in [-0.3, -0.25) is 0 Å². The molecule has 0 saturated heterocycles. The number of carbonyl (C=O) groups excluding carboxylic acids is 1. The summed E-state index contributed by atoms with van der Waals surface area (Å²) in [5, 5.41) is 4.73. The largest absolute Gasteiger partial charge is 0.444 e. The van der Waals surface area contributed by atoms with E-state index in [-0.39, 0.29) is 38.8 Å². The first-order valence-corrected chi connectivity index (χ1v) is 8.53. The minimum atomic E-state index is -0.495. The SMILES string of the molecule is [CH-]=C1C(=[C-]C)CCCn2nc3c(c21)CN(C(=O)OC(C)(C)C)CC3.[Y]. The molecule has 0 bridgehead atoms. The van der Waals surface area contributed by atoms with Crippen LogP contribution in [0.2, 0.25) is 0 Å². The molecule has 1 aromatic heterocycles. The first kappa shape index (κ1) is 20.4. The summed E-state index contributed by atoms with van der Waals surface area (Å²) in [7, 11) is 0. The molecule has 0 atom stereocenters. The summed E-state index contributed by atoms with van der Waals surface area (Å²) >= 11 is 0. The van der Waals surface area contributed by atoms with Crippen LogP contribution in [0.15, 0.2) is 5.57 Å². The van der Waals surface area contributed by atoms with Gasteiger partial charge < -0.3 is 38.1 Å². The molecule has 133 valence electrons. The van der Waals surface area contributed by atoms with Crippen molar-refractivity contribution in [3.63, 3.8) is 0 Å². The summed E-state index contributed by atoms with van der Waals surface area (Å²) in [5.41, 5.74) is 4.36. The van der Waals surface area contributed by atoms with Crippen molar-refractivity contribution in [1.29, 1.82) is 0 Å². The molecule has 1 aromatic rings. The molecule has 0 saturated carbocycles. The van der Waals surface area contributed by atoms with Crippen LogP contribution in [0.25, 0.3) is 5.57 Å². The zero-order valence-electron chi connectivity index (χ0n) is 15.6. The van der Waals surface area contributed by atoms with Crippen molar-refractivity contribution >= 4 is 11.7 Å². The number of hydrogen-bond acceptors (Lipinski definition) is 3. The van der Waals surface area contributed by atoms with E-state index in [2.05, 4.69) is 6.08 Å². The third-order valence-electron chi connectivity index (χ3n) is 4.43. The molecule has 3 heterocycles. The van der Waals surface area contributed by atoms with Gasteiger partial charge in [0.05, 0.1) is 5.69 Å². The van der Waals surface area contributed by atoms with E-state index in [1.165, 1.54) is 0 Å². The van der Waals surface area contributed by atoms with E-state index >= 15 is 0 Å². The van der Waals surface area contributed by atoms with Crippen molar-refractivity contribution < 1.29 is 42.2 Å². The molecule has 0 aliphatic carbocycles. The van der Waals surface area contributed by atoms with Crippen LogP contribution in [0.3, 0.4) is 0 Å². The van der Waals surface area contributed by atoms with Crippen molar-refractivity contribution in [2.45, 2.75) is 65.6 Å². The number of ether oxygens (including phenoxy) is 1. The first-order valence-electron chi connectivity index (χ1n) is 8.53. The van der Waals surface area contributed by atoms with Gasteiger partial charge in [0.1, 0.15) is 5.60 Å². The normalized spacial score (nSPS) is 19.0. The molecule has 1 radical (unpaired) electrons. The minimum Gasteiger partial charge on any atom is -0.444 e. The summed E-state index contributed by atoms with van der Waals surface area (Å²) in [6.45, 7) is 15.9. The van der Waals surface area contributed by atoms with Crippen LogP contribution in [-0.4, -0.2) is 32.9 Å². The van der Waals surface area contributed by atoms with E-state index in [4.69, 9.17) is 16.4 Å². The summed E-state index contributed by atoms with van der Waals surface area (Å²) in [6.07, 6.45) is 5.57. The molecule has 1 amide bonds. The van der Waals surface area contributed by atoms with Gasteiger partial charge in [0, 0.05) is 58.8 Å². The van der Waals surface area contributed by atoms with Gasteiger partial charge in [-0.1, -0.05) is 5.56 Å². The predicted molar refractivity (Wildman–Crippen MR) is 91.9 cm³/mol. The van der Waals surface area contributed by atoms with Crippen molar-refractivity contribution in [3.05, 3.63) is 35.2 Å². The van der Waals surface area contributed by atoms with Gasteiger partial charge in [-0.2, -0.15) is 5.10 Å². The van der Waals surface area contributed by atoms with Crippen LogP contribution in [-0.2, 0) is 57.0 Å². The summed E-state index contributed by atoms with van der Waals surface area (Å²) in [5.74, 6) is 0. The molecule has 3 rings (SSSR count). The average Bonchev–Trinajstić information content (AvgIpc) is 2.78. The van der Waals surface area contributed by atoms with E-state index in [9.17, 15) is 4.79 Å². The molecule has 0 unspecified atom stereocenters. The molecule has 0 N–H and O–H groups in total. The number of fused-ring (bicyclic) bond motifs is 3. The molecule has 2 aliphatic heterocycles. The van der Waals surface area contributed by atoms with Gasteiger partial charge in [-0.25, -0.2) is 4.79 Å². The number of aryl methyl sites for hydroxylation is 1. The Morgan fingerprint density at radius 2 is 2.00 bits per heavy atom. The van der Waals surface area contributed by atoms with Gasteiger partial charge in [-0.05, 0) is 27.2 Å². The van der Waals surface area contributed by atoms with Gasteiger partial charge in [0.2, 0.25) is 0 Å². The first-order chi connectivity index (χ1) is 11.3. The fourth-order valence-corrected chi connectivity index (χ4v) is 3.31. The van der Waals surface area contributed by atoms with E-state index in [0.717, 1.165) is 53.9 Å². The van der Waals surface area contributed by atoms with Crippen molar-refractivity contribution in [2.75, 3.05) is 6.54 Å². The van der Waals surface area contributed by atoms with Crippen LogP contribution >= 0.6 is 0 Å². The second-order valence-electron chi connectivity index (χ2n) is 7.39. The number of carbonyl (C=O) groups is 1. The van der Waals surface area contributed by atoms with Crippen molar-refractivity contribution in [1.82, 2.24) is 14.7 Å². The van der Waals surface area contributed by atoms with E-state index < -0.39 is 5.60 Å². The number of aromatic nitrogens is 2. The summed E-state index contributed by atoms with van der Waals surface area (Å²) in [4.78, 5) is 14.1. The maximum atomic E-state index is 12.4. The zero-order chi connectivity index (χ0) is 17.5. The van der Waals surface area contributed by atoms with Gasteiger partial charge in [-0.15, -0.1) is 19.0 Å². The van der Waals surface area contributed by atoms with Crippen LogP contribution in [0, 0.1) is 12.7 Å². The molecule has 0 aromatic carbocycles. The zero-order valence-corrected chi connectivity index (χ0v) is 18.4. The monoisotopic (exact) mass is 416 g/mol. The van der Waals surface area contributed by atoms with E-state index in [1.54, 1.807) is 4.90 Å². The topological polar surface area (TPSA) is 47.4 Å². The summed E-state index contributed by atoms with van der Waals surface area (Å²) < 4.78 is 7.51. The number of allylic oxidation sites excluding steroid dienone is 3. The van der Waals surface area contributed by atoms with Crippen molar-refractivity contribution in [2.24, 2.45) is 0 Å². The third kappa shape index (κ3) is 4.25. The summed E-state index contributed by atoms with van der Waals surface area (Å²) in [6, 6.07) is 0. The Kier molecular flexibility index (Phi) is 6.32. The molecule has 6 heteroatoms. The molecule has 25 heavy (non-hydrogen) atoms. The van der Waals surface area contributed by atoms with Gasteiger partial charge in [0.15, 0.2) is 0 Å². The molecule has 0 spiro atoms. The maximum Gasteiger partial charge on any atom is 0.410 e. The Bertz CT molecular complexity index is 713. The van der Waals surface area contributed by atoms with E-state index in [1.807, 2.05) is 32.4 Å². The smallest absolute Gasteiger partial charge is 0.410 e. The van der Waals surface area contributed by atoms with Crippen LogP contribution in [0.4, 0.5) is 4.79 Å². The fraction of sp³-hybridized carbons (Fsp3) is 0.579. The number of amides is 1.